The molecule has 3 heteroatoms. The monoisotopic (exact) mass is 341 g/mol. The molecule has 0 aliphatic rings. The lowest BCUT2D eigenvalue weighted by Crippen LogP contribution is -2.30. The largest absolute Gasteiger partial charge is 0.246 e. The molecule has 25 heavy (non-hydrogen) atoms. The van der Waals surface area contributed by atoms with Gasteiger partial charge in [0.05, 0.1) is 21.3 Å². The Morgan fingerprint density at radius 1 is 0.960 bits per heavy atom. The smallest absolute Gasteiger partial charge is 0.230 e. The van der Waals surface area contributed by atoms with Gasteiger partial charge in [0, 0.05) is 16.8 Å². The molecule has 3 heterocycles. The molecule has 3 aromatic heterocycles. The van der Waals surface area contributed by atoms with Gasteiger partial charge in [0.2, 0.25) is 5.69 Å². The maximum Gasteiger partial charge on any atom is 0.230 e. The fourth-order valence-corrected chi connectivity index (χ4v) is 4.83. The highest BCUT2D eigenvalue weighted by atomic mass is 32.1. The Morgan fingerprint density at radius 3 is 2.64 bits per heavy atom. The van der Waals surface area contributed by atoms with Crippen LogP contribution >= 0.6 is 11.3 Å². The Bertz CT molecular complexity index is 1270. The Hall–Kier alpha value is -2.78. The van der Waals surface area contributed by atoms with E-state index in [9.17, 15) is 0 Å². The van der Waals surface area contributed by atoms with E-state index in [0.29, 0.717) is 0 Å². The molecule has 2 nitrogen and oxygen atoms in total. The van der Waals surface area contributed by atoms with Crippen molar-refractivity contribution in [2.75, 3.05) is 0 Å². The molecule has 0 atom stereocenters. The summed E-state index contributed by atoms with van der Waals surface area (Å²) in [6, 6.07) is 21.4. The van der Waals surface area contributed by atoms with E-state index in [2.05, 4.69) is 85.4 Å². The van der Waals surface area contributed by atoms with Crippen LogP contribution in [-0.2, 0) is 7.05 Å². The molecule has 0 aliphatic heterocycles. The summed E-state index contributed by atoms with van der Waals surface area (Å²) in [6.45, 7) is 2.17. The van der Waals surface area contributed by atoms with E-state index in [1.54, 1.807) is 0 Å². The van der Waals surface area contributed by atoms with Gasteiger partial charge in [-0.15, -0.1) is 11.3 Å². The number of thiophene rings is 1. The van der Waals surface area contributed by atoms with Crippen molar-refractivity contribution < 1.29 is 4.57 Å². The summed E-state index contributed by atoms with van der Waals surface area (Å²) in [7, 11) is 2.12. The molecule has 5 rings (SSSR count). The predicted molar refractivity (Wildman–Crippen MR) is 106 cm³/mol. The van der Waals surface area contributed by atoms with Gasteiger partial charge in [-0.3, -0.25) is 0 Å². The lowest BCUT2D eigenvalue weighted by Gasteiger charge is -2.05. The number of nitrogens with zero attached hydrogens (tertiary/aromatic N) is 2. The van der Waals surface area contributed by atoms with Gasteiger partial charge in [0.15, 0.2) is 6.20 Å². The quantitative estimate of drug-likeness (QED) is 0.373. The van der Waals surface area contributed by atoms with Crippen molar-refractivity contribution in [3.05, 3.63) is 72.4 Å². The second-order valence-electron chi connectivity index (χ2n) is 6.46. The Labute approximate surface area is 150 Å². The van der Waals surface area contributed by atoms with Gasteiger partial charge in [-0.1, -0.05) is 36.4 Å². The molecule has 0 aliphatic carbocycles. The maximum absolute atomic E-state index is 4.95. The molecule has 0 bridgehead atoms. The second kappa shape index (κ2) is 5.36. The van der Waals surface area contributed by atoms with Crippen molar-refractivity contribution in [1.82, 2.24) is 4.98 Å². The first-order valence-electron chi connectivity index (χ1n) is 8.39. The first-order chi connectivity index (χ1) is 12.2. The summed E-state index contributed by atoms with van der Waals surface area (Å²) in [5.41, 5.74) is 6.00. The summed E-state index contributed by atoms with van der Waals surface area (Å²) in [5, 5.41) is 2.44. The van der Waals surface area contributed by atoms with Crippen LogP contribution in [0.4, 0.5) is 0 Å². The predicted octanol–water partition coefficient (Wildman–Crippen LogP) is 5.40. The van der Waals surface area contributed by atoms with Crippen molar-refractivity contribution in [3.8, 4) is 11.3 Å². The minimum absolute atomic E-state index is 1.06. The van der Waals surface area contributed by atoms with Gasteiger partial charge < -0.3 is 0 Å². The standard InChI is InChI=1S/C22H17N2S/c1-14-7-3-5-9-16(14)21-22-17(11-12-24(21)2)20-19(25-22)13-15-8-4-6-10-18(15)23-20/h3-13H,1-2H3/q+1. The van der Waals surface area contributed by atoms with Crippen LogP contribution in [0.3, 0.4) is 0 Å². The van der Waals surface area contributed by atoms with Crippen LogP contribution in [0.25, 0.3) is 42.5 Å². The lowest BCUT2D eigenvalue weighted by molar-refractivity contribution is -0.659. The number of aryl methyl sites for hydroxylation is 2. The summed E-state index contributed by atoms with van der Waals surface area (Å²) < 4.78 is 4.77. The molecular formula is C22H17N2S+. The third kappa shape index (κ3) is 2.16. The minimum Gasteiger partial charge on any atom is -0.246 e. The van der Waals surface area contributed by atoms with E-state index >= 15 is 0 Å². The number of hydrogen-bond donors (Lipinski definition) is 0. The zero-order chi connectivity index (χ0) is 17.0. The van der Waals surface area contributed by atoms with Gasteiger partial charge in [-0.05, 0) is 30.7 Å². The first kappa shape index (κ1) is 14.6. The topological polar surface area (TPSA) is 16.8 Å². The number of aromatic nitrogens is 2. The summed E-state index contributed by atoms with van der Waals surface area (Å²) >= 11 is 1.84. The van der Waals surface area contributed by atoms with E-state index in [1.165, 1.54) is 37.0 Å². The zero-order valence-electron chi connectivity index (χ0n) is 14.2. The molecule has 0 fully saturated rings. The van der Waals surface area contributed by atoms with Crippen LogP contribution in [0.15, 0.2) is 66.9 Å². The van der Waals surface area contributed by atoms with Gasteiger partial charge in [-0.25, -0.2) is 4.98 Å². The summed E-state index contributed by atoms with van der Waals surface area (Å²) in [6.07, 6.45) is 2.15. The van der Waals surface area contributed by atoms with Crippen LogP contribution < -0.4 is 4.57 Å². The number of fused-ring (bicyclic) bond motifs is 4. The van der Waals surface area contributed by atoms with Crippen molar-refractivity contribution in [1.29, 1.82) is 0 Å². The van der Waals surface area contributed by atoms with E-state index in [4.69, 9.17) is 4.98 Å². The number of benzene rings is 2. The highest BCUT2D eigenvalue weighted by Crippen LogP contribution is 2.38. The molecule has 0 unspecified atom stereocenters. The van der Waals surface area contributed by atoms with Crippen molar-refractivity contribution in [3.63, 3.8) is 0 Å². The number of para-hydroxylation sites is 1. The van der Waals surface area contributed by atoms with Crippen LogP contribution in [0.1, 0.15) is 5.56 Å². The Balaban J connectivity index is 1.94. The van der Waals surface area contributed by atoms with Crippen LogP contribution in [-0.4, -0.2) is 4.98 Å². The molecule has 2 aromatic carbocycles. The Morgan fingerprint density at radius 2 is 1.76 bits per heavy atom. The first-order valence-corrected chi connectivity index (χ1v) is 9.21. The molecule has 0 amide bonds. The molecule has 5 aromatic rings. The normalized spacial score (nSPS) is 11.6. The van der Waals surface area contributed by atoms with Crippen molar-refractivity contribution in [2.24, 2.45) is 7.05 Å². The zero-order valence-corrected chi connectivity index (χ0v) is 15.0. The fourth-order valence-electron chi connectivity index (χ4n) is 3.54. The maximum atomic E-state index is 4.95. The fraction of sp³-hybridized carbons (Fsp3) is 0.0909. The SMILES string of the molecule is Cc1ccccc1-c1c2sc3cc4ccccc4nc3c2cc[n+]1C. The van der Waals surface area contributed by atoms with Crippen LogP contribution in [0.5, 0.6) is 0 Å². The van der Waals surface area contributed by atoms with Gasteiger partial charge >= 0.3 is 0 Å². The average Bonchev–Trinajstić information content (AvgIpc) is 2.98. The van der Waals surface area contributed by atoms with E-state index in [0.717, 1.165) is 11.0 Å². The molecular weight excluding hydrogens is 324 g/mol. The number of pyridine rings is 2. The molecule has 0 N–H and O–H groups in total. The molecule has 0 saturated heterocycles. The van der Waals surface area contributed by atoms with Crippen LogP contribution in [0, 0.1) is 6.92 Å². The van der Waals surface area contributed by atoms with E-state index in [1.807, 2.05) is 11.3 Å². The third-order valence-electron chi connectivity index (χ3n) is 4.83. The number of rotatable bonds is 1. The van der Waals surface area contributed by atoms with Gasteiger partial charge in [0.1, 0.15) is 11.7 Å². The summed E-state index contributed by atoms with van der Waals surface area (Å²) in [4.78, 5) is 4.95. The average molecular weight is 341 g/mol. The highest BCUT2D eigenvalue weighted by molar-refractivity contribution is 7.26. The van der Waals surface area contributed by atoms with Crippen LogP contribution in [0.2, 0.25) is 0 Å². The minimum atomic E-state index is 1.06. The second-order valence-corrected chi connectivity index (χ2v) is 7.52. The molecule has 120 valence electrons. The molecule has 0 spiro atoms. The van der Waals surface area contributed by atoms with Crippen molar-refractivity contribution >= 4 is 42.5 Å². The van der Waals surface area contributed by atoms with E-state index in [-0.39, 0.29) is 0 Å². The Kier molecular flexibility index (Phi) is 3.12. The molecule has 0 saturated carbocycles. The van der Waals surface area contributed by atoms with Gasteiger partial charge in [0.25, 0.3) is 0 Å². The van der Waals surface area contributed by atoms with Crippen molar-refractivity contribution in [2.45, 2.75) is 6.92 Å². The van der Waals surface area contributed by atoms with Gasteiger partial charge in [-0.2, -0.15) is 4.57 Å². The highest BCUT2D eigenvalue weighted by Gasteiger charge is 2.21. The number of hydrogen-bond acceptors (Lipinski definition) is 2. The van der Waals surface area contributed by atoms with E-state index < -0.39 is 0 Å². The lowest BCUT2D eigenvalue weighted by atomic mass is 10.0. The summed E-state index contributed by atoms with van der Waals surface area (Å²) in [5.74, 6) is 0. The molecule has 0 radical (unpaired) electrons. The third-order valence-corrected chi connectivity index (χ3v) is 5.98.